The van der Waals surface area contributed by atoms with Crippen molar-refractivity contribution >= 4 is 11.3 Å². The van der Waals surface area contributed by atoms with Crippen LogP contribution in [-0.2, 0) is 22.4 Å². The SMILES string of the molecule is COCCO[C@@H]1CCN(Cc2ccc(C)s2)[C@H]1Cc1ccncc1. The fraction of sp³-hybridized carbons (Fsp3) is 0.526. The van der Waals surface area contributed by atoms with E-state index in [2.05, 4.69) is 41.1 Å². The minimum absolute atomic E-state index is 0.273. The topological polar surface area (TPSA) is 34.6 Å². The van der Waals surface area contributed by atoms with Gasteiger partial charge in [-0.3, -0.25) is 9.88 Å². The predicted octanol–water partition coefficient (Wildman–Crippen LogP) is 3.30. The van der Waals surface area contributed by atoms with Crippen molar-refractivity contribution in [3.63, 3.8) is 0 Å². The highest BCUT2D eigenvalue weighted by atomic mass is 32.1. The molecule has 4 nitrogen and oxygen atoms in total. The van der Waals surface area contributed by atoms with Crippen molar-refractivity contribution in [1.82, 2.24) is 9.88 Å². The number of nitrogens with zero attached hydrogens (tertiary/aromatic N) is 2. The highest BCUT2D eigenvalue weighted by Gasteiger charge is 2.34. The Morgan fingerprint density at radius 2 is 2.04 bits per heavy atom. The summed E-state index contributed by atoms with van der Waals surface area (Å²) in [5, 5.41) is 0. The molecular weight excluding hydrogens is 320 g/mol. The van der Waals surface area contributed by atoms with Gasteiger partial charge < -0.3 is 9.47 Å². The fourth-order valence-electron chi connectivity index (χ4n) is 3.35. The molecule has 0 radical (unpaired) electrons. The standard InChI is InChI=1S/C19H26N2O2S/c1-15-3-4-17(24-15)14-21-10-7-19(23-12-11-22-2)18(21)13-16-5-8-20-9-6-16/h3-6,8-9,18-19H,7,10-14H2,1-2H3/t18-,19+/m0/s1. The van der Waals surface area contributed by atoms with Gasteiger partial charge in [0.1, 0.15) is 0 Å². The minimum Gasteiger partial charge on any atom is -0.382 e. The molecule has 130 valence electrons. The molecule has 2 aromatic heterocycles. The lowest BCUT2D eigenvalue weighted by atomic mass is 10.0. The summed E-state index contributed by atoms with van der Waals surface area (Å²) in [6.07, 6.45) is 6.11. The van der Waals surface area contributed by atoms with Gasteiger partial charge in [-0.15, -0.1) is 11.3 Å². The molecular formula is C19H26N2O2S. The van der Waals surface area contributed by atoms with E-state index in [0.717, 1.165) is 25.9 Å². The minimum atomic E-state index is 0.273. The van der Waals surface area contributed by atoms with Crippen molar-refractivity contribution in [3.8, 4) is 0 Å². The summed E-state index contributed by atoms with van der Waals surface area (Å²) in [6, 6.07) is 9.09. The molecule has 3 heterocycles. The Labute approximate surface area is 148 Å². The maximum atomic E-state index is 6.12. The van der Waals surface area contributed by atoms with Crippen molar-refractivity contribution in [2.45, 2.75) is 38.5 Å². The van der Waals surface area contributed by atoms with Crippen LogP contribution in [0.25, 0.3) is 0 Å². The van der Waals surface area contributed by atoms with Gasteiger partial charge in [-0.1, -0.05) is 0 Å². The molecule has 0 aromatic carbocycles. The van der Waals surface area contributed by atoms with E-state index >= 15 is 0 Å². The van der Waals surface area contributed by atoms with Crippen LogP contribution in [0.5, 0.6) is 0 Å². The first kappa shape index (κ1) is 17.5. The second-order valence-corrected chi connectivity index (χ2v) is 7.67. The largest absolute Gasteiger partial charge is 0.382 e. The third-order valence-electron chi connectivity index (χ3n) is 4.57. The van der Waals surface area contributed by atoms with Crippen LogP contribution < -0.4 is 0 Å². The average Bonchev–Trinajstić information content (AvgIpc) is 3.17. The number of likely N-dealkylation sites (tertiary alicyclic amines) is 1. The Morgan fingerprint density at radius 3 is 2.75 bits per heavy atom. The summed E-state index contributed by atoms with van der Waals surface area (Å²) < 4.78 is 11.3. The summed E-state index contributed by atoms with van der Waals surface area (Å²) >= 11 is 1.89. The molecule has 2 aromatic rings. The van der Waals surface area contributed by atoms with E-state index in [1.54, 1.807) is 7.11 Å². The smallest absolute Gasteiger partial charge is 0.0746 e. The first-order valence-electron chi connectivity index (χ1n) is 8.55. The summed E-state index contributed by atoms with van der Waals surface area (Å²) in [4.78, 5) is 9.51. The summed E-state index contributed by atoms with van der Waals surface area (Å²) in [7, 11) is 1.72. The second-order valence-electron chi connectivity index (χ2n) is 6.30. The van der Waals surface area contributed by atoms with Gasteiger partial charge in [-0.25, -0.2) is 0 Å². The lowest BCUT2D eigenvalue weighted by molar-refractivity contribution is -0.00121. The molecule has 0 amide bonds. The monoisotopic (exact) mass is 346 g/mol. The zero-order valence-corrected chi connectivity index (χ0v) is 15.3. The highest BCUT2D eigenvalue weighted by Crippen LogP contribution is 2.28. The molecule has 1 aliphatic heterocycles. The Bertz CT molecular complexity index is 617. The molecule has 0 unspecified atom stereocenters. The third-order valence-corrected chi connectivity index (χ3v) is 5.55. The number of hydrogen-bond donors (Lipinski definition) is 0. The van der Waals surface area contributed by atoms with Crippen LogP contribution in [-0.4, -0.2) is 48.9 Å². The van der Waals surface area contributed by atoms with E-state index in [1.165, 1.54) is 15.3 Å². The van der Waals surface area contributed by atoms with Gasteiger partial charge in [-0.05, 0) is 49.6 Å². The molecule has 0 saturated carbocycles. The molecule has 0 N–H and O–H groups in total. The van der Waals surface area contributed by atoms with E-state index in [4.69, 9.17) is 9.47 Å². The molecule has 2 atom stereocenters. The first-order valence-corrected chi connectivity index (χ1v) is 9.36. The molecule has 0 spiro atoms. The van der Waals surface area contributed by atoms with Crippen LogP contribution in [0, 0.1) is 6.92 Å². The second kappa shape index (κ2) is 8.72. The highest BCUT2D eigenvalue weighted by molar-refractivity contribution is 7.11. The van der Waals surface area contributed by atoms with Crippen molar-refractivity contribution in [2.24, 2.45) is 0 Å². The molecule has 0 aliphatic carbocycles. The van der Waals surface area contributed by atoms with E-state index in [-0.39, 0.29) is 6.10 Å². The number of hydrogen-bond acceptors (Lipinski definition) is 5. The lowest BCUT2D eigenvalue weighted by Gasteiger charge is -2.28. The van der Waals surface area contributed by atoms with Gasteiger partial charge in [0.25, 0.3) is 0 Å². The van der Waals surface area contributed by atoms with Gasteiger partial charge in [0.2, 0.25) is 0 Å². The van der Waals surface area contributed by atoms with Crippen LogP contribution >= 0.6 is 11.3 Å². The van der Waals surface area contributed by atoms with Gasteiger partial charge in [0.15, 0.2) is 0 Å². The summed E-state index contributed by atoms with van der Waals surface area (Å²) in [5.74, 6) is 0. The van der Waals surface area contributed by atoms with Crippen LogP contribution in [0.3, 0.4) is 0 Å². The van der Waals surface area contributed by atoms with Crippen molar-refractivity contribution in [1.29, 1.82) is 0 Å². The van der Waals surface area contributed by atoms with Gasteiger partial charge in [0, 0.05) is 48.4 Å². The number of rotatable bonds is 8. The maximum absolute atomic E-state index is 6.12. The quantitative estimate of drug-likeness (QED) is 0.687. The number of thiophene rings is 1. The average molecular weight is 346 g/mol. The number of aryl methyl sites for hydroxylation is 1. The van der Waals surface area contributed by atoms with E-state index < -0.39 is 0 Å². The zero-order chi connectivity index (χ0) is 16.8. The van der Waals surface area contributed by atoms with Crippen LogP contribution in [0.15, 0.2) is 36.7 Å². The number of pyridine rings is 1. The molecule has 0 bridgehead atoms. The normalized spacial score (nSPS) is 21.4. The third kappa shape index (κ3) is 4.63. The number of methoxy groups -OCH3 is 1. The maximum Gasteiger partial charge on any atom is 0.0746 e. The van der Waals surface area contributed by atoms with E-state index in [1.807, 2.05) is 23.7 Å². The summed E-state index contributed by atoms with van der Waals surface area (Å²) in [6.45, 7) is 5.59. The van der Waals surface area contributed by atoms with E-state index in [9.17, 15) is 0 Å². The fourth-order valence-corrected chi connectivity index (χ4v) is 4.27. The predicted molar refractivity (Wildman–Crippen MR) is 97.4 cm³/mol. The van der Waals surface area contributed by atoms with Crippen molar-refractivity contribution in [2.75, 3.05) is 26.9 Å². The van der Waals surface area contributed by atoms with Gasteiger partial charge in [-0.2, -0.15) is 0 Å². The van der Waals surface area contributed by atoms with Crippen LogP contribution in [0.4, 0.5) is 0 Å². The Hall–Kier alpha value is -1.27. The van der Waals surface area contributed by atoms with Gasteiger partial charge >= 0.3 is 0 Å². The van der Waals surface area contributed by atoms with Crippen LogP contribution in [0.2, 0.25) is 0 Å². The zero-order valence-electron chi connectivity index (χ0n) is 14.5. The Morgan fingerprint density at radius 1 is 1.21 bits per heavy atom. The lowest BCUT2D eigenvalue weighted by Crippen LogP contribution is -2.38. The first-order chi connectivity index (χ1) is 11.8. The Kier molecular flexibility index (Phi) is 6.37. The van der Waals surface area contributed by atoms with Gasteiger partial charge in [0.05, 0.1) is 19.3 Å². The summed E-state index contributed by atoms with van der Waals surface area (Å²) in [5.41, 5.74) is 1.32. The molecule has 1 aliphatic rings. The Balaban J connectivity index is 1.68. The molecule has 3 rings (SSSR count). The number of ether oxygens (including phenoxy) is 2. The number of aromatic nitrogens is 1. The van der Waals surface area contributed by atoms with Crippen molar-refractivity contribution in [3.05, 3.63) is 52.0 Å². The molecule has 1 saturated heterocycles. The van der Waals surface area contributed by atoms with Crippen molar-refractivity contribution < 1.29 is 9.47 Å². The molecule has 5 heteroatoms. The van der Waals surface area contributed by atoms with Crippen LogP contribution in [0.1, 0.15) is 21.7 Å². The molecule has 24 heavy (non-hydrogen) atoms. The van der Waals surface area contributed by atoms with E-state index in [0.29, 0.717) is 19.3 Å². The molecule has 1 fully saturated rings.